The average Bonchev–Trinajstić information content (AvgIpc) is 3.38. The number of rotatable bonds is 9. The molecular formula is C23H22N4O2S. The number of allylic oxidation sites excluding steroid dienone is 1. The van der Waals surface area contributed by atoms with Gasteiger partial charge in [-0.15, -0.1) is 16.8 Å². The fraction of sp³-hybridized carbons (Fsp3) is 0.174. The third-order valence-electron chi connectivity index (χ3n) is 4.53. The standard InChI is InChI=1S/C23H22N4O2S/c1-3-13-27-22(21-11-14-28-17(21)2)25-26-23(27)30-16-18-7-9-20(10-8-18)29-15-19-6-4-5-12-24-19/h3-12,14H,1,13,15-16H2,2H3. The van der Waals surface area contributed by atoms with E-state index in [1.165, 1.54) is 5.56 Å². The summed E-state index contributed by atoms with van der Waals surface area (Å²) in [5, 5.41) is 9.61. The number of hydrogen-bond donors (Lipinski definition) is 0. The summed E-state index contributed by atoms with van der Waals surface area (Å²) in [5.74, 6) is 3.22. The number of nitrogens with zero attached hydrogens (tertiary/aromatic N) is 4. The summed E-state index contributed by atoms with van der Waals surface area (Å²) < 4.78 is 13.3. The first kappa shape index (κ1) is 20.0. The molecule has 0 bridgehead atoms. The molecule has 4 rings (SSSR count). The average molecular weight is 419 g/mol. The van der Waals surface area contributed by atoms with Gasteiger partial charge in [0.25, 0.3) is 0 Å². The van der Waals surface area contributed by atoms with Gasteiger partial charge in [0.05, 0.1) is 17.5 Å². The van der Waals surface area contributed by atoms with Gasteiger partial charge >= 0.3 is 0 Å². The van der Waals surface area contributed by atoms with Crippen LogP contribution in [-0.4, -0.2) is 19.7 Å². The second kappa shape index (κ2) is 9.45. The van der Waals surface area contributed by atoms with Crippen molar-refractivity contribution in [3.8, 4) is 17.1 Å². The van der Waals surface area contributed by atoms with E-state index in [4.69, 9.17) is 9.15 Å². The number of aryl methyl sites for hydroxylation is 1. The van der Waals surface area contributed by atoms with Gasteiger partial charge in [-0.05, 0) is 42.8 Å². The van der Waals surface area contributed by atoms with E-state index in [0.29, 0.717) is 13.2 Å². The predicted molar refractivity (Wildman–Crippen MR) is 117 cm³/mol. The molecule has 0 saturated heterocycles. The van der Waals surface area contributed by atoms with Crippen LogP contribution < -0.4 is 4.74 Å². The van der Waals surface area contributed by atoms with E-state index in [1.54, 1.807) is 24.2 Å². The topological polar surface area (TPSA) is 66.0 Å². The van der Waals surface area contributed by atoms with Crippen LogP contribution in [0.25, 0.3) is 11.4 Å². The molecule has 152 valence electrons. The molecule has 0 N–H and O–H groups in total. The smallest absolute Gasteiger partial charge is 0.192 e. The van der Waals surface area contributed by atoms with Gasteiger partial charge in [-0.3, -0.25) is 9.55 Å². The third-order valence-corrected chi connectivity index (χ3v) is 5.57. The highest BCUT2D eigenvalue weighted by Gasteiger charge is 2.16. The molecule has 0 saturated carbocycles. The first-order chi connectivity index (χ1) is 14.7. The molecule has 7 heteroatoms. The number of furan rings is 1. The second-order valence-corrected chi connectivity index (χ2v) is 7.58. The number of thioether (sulfide) groups is 1. The van der Waals surface area contributed by atoms with Gasteiger partial charge in [-0.2, -0.15) is 0 Å². The van der Waals surface area contributed by atoms with Crippen molar-refractivity contribution in [3.63, 3.8) is 0 Å². The molecule has 0 spiro atoms. The summed E-state index contributed by atoms with van der Waals surface area (Å²) in [6.45, 7) is 6.87. The predicted octanol–water partition coefficient (Wildman–Crippen LogP) is 5.30. The number of benzene rings is 1. The Morgan fingerprint density at radius 3 is 2.70 bits per heavy atom. The van der Waals surface area contributed by atoms with Crippen LogP contribution in [0, 0.1) is 6.92 Å². The lowest BCUT2D eigenvalue weighted by Crippen LogP contribution is -2.01. The number of hydrogen-bond acceptors (Lipinski definition) is 6. The van der Waals surface area contributed by atoms with Crippen LogP contribution in [0.1, 0.15) is 17.0 Å². The zero-order chi connectivity index (χ0) is 20.8. The van der Waals surface area contributed by atoms with Crippen LogP contribution in [0.5, 0.6) is 5.75 Å². The Morgan fingerprint density at radius 1 is 1.13 bits per heavy atom. The molecular weight excluding hydrogens is 396 g/mol. The van der Waals surface area contributed by atoms with Crippen LogP contribution in [0.2, 0.25) is 0 Å². The quantitative estimate of drug-likeness (QED) is 0.271. The molecule has 0 aliphatic carbocycles. The Kier molecular flexibility index (Phi) is 6.29. The van der Waals surface area contributed by atoms with E-state index in [1.807, 2.05) is 49.4 Å². The van der Waals surface area contributed by atoms with E-state index in [2.05, 4.69) is 38.5 Å². The van der Waals surface area contributed by atoms with Gasteiger partial charge < -0.3 is 9.15 Å². The maximum Gasteiger partial charge on any atom is 0.192 e. The molecule has 0 radical (unpaired) electrons. The summed E-state index contributed by atoms with van der Waals surface area (Å²) in [5.41, 5.74) is 3.03. The van der Waals surface area contributed by atoms with Crippen LogP contribution in [0.4, 0.5) is 0 Å². The Morgan fingerprint density at radius 2 is 2.00 bits per heavy atom. The highest BCUT2D eigenvalue weighted by atomic mass is 32.2. The molecule has 30 heavy (non-hydrogen) atoms. The fourth-order valence-corrected chi connectivity index (χ4v) is 3.88. The number of pyridine rings is 1. The molecule has 0 amide bonds. The molecule has 6 nitrogen and oxygen atoms in total. The monoisotopic (exact) mass is 418 g/mol. The normalized spacial score (nSPS) is 10.8. The lowest BCUT2D eigenvalue weighted by atomic mass is 10.2. The number of aromatic nitrogens is 4. The summed E-state index contributed by atoms with van der Waals surface area (Å²) in [7, 11) is 0. The first-order valence-corrected chi connectivity index (χ1v) is 10.6. The van der Waals surface area contributed by atoms with Crippen molar-refractivity contribution in [2.75, 3.05) is 0 Å². The molecule has 0 fully saturated rings. The van der Waals surface area contributed by atoms with Gasteiger partial charge in [0.2, 0.25) is 0 Å². The highest BCUT2D eigenvalue weighted by Crippen LogP contribution is 2.29. The molecule has 4 aromatic rings. The van der Waals surface area contributed by atoms with Gasteiger partial charge in [-0.1, -0.05) is 36.0 Å². The van der Waals surface area contributed by atoms with E-state index in [9.17, 15) is 0 Å². The van der Waals surface area contributed by atoms with E-state index in [-0.39, 0.29) is 0 Å². The van der Waals surface area contributed by atoms with Crippen molar-refractivity contribution in [2.24, 2.45) is 0 Å². The molecule has 0 aliphatic rings. The zero-order valence-electron chi connectivity index (χ0n) is 16.7. The Bertz CT molecular complexity index is 1100. The summed E-state index contributed by atoms with van der Waals surface area (Å²) in [6.07, 6.45) is 5.28. The summed E-state index contributed by atoms with van der Waals surface area (Å²) >= 11 is 1.64. The van der Waals surface area contributed by atoms with Crippen LogP contribution in [0.3, 0.4) is 0 Å². The lowest BCUT2D eigenvalue weighted by molar-refractivity contribution is 0.301. The Labute approximate surface area is 179 Å². The lowest BCUT2D eigenvalue weighted by Gasteiger charge is -2.08. The minimum atomic E-state index is 0.454. The molecule has 0 aliphatic heterocycles. The van der Waals surface area contributed by atoms with Crippen LogP contribution in [-0.2, 0) is 18.9 Å². The van der Waals surface area contributed by atoms with Gasteiger partial charge in [-0.25, -0.2) is 0 Å². The SMILES string of the molecule is C=CCn1c(SCc2ccc(OCc3ccccn3)cc2)nnc1-c1ccoc1C. The largest absolute Gasteiger partial charge is 0.487 e. The maximum atomic E-state index is 5.80. The molecule has 0 unspecified atom stereocenters. The van der Waals surface area contributed by atoms with Crippen LogP contribution >= 0.6 is 11.8 Å². The van der Waals surface area contributed by atoms with Gasteiger partial charge in [0.1, 0.15) is 18.1 Å². The number of ether oxygens (including phenoxy) is 1. The van der Waals surface area contributed by atoms with E-state index in [0.717, 1.165) is 39.5 Å². The van der Waals surface area contributed by atoms with Crippen molar-refractivity contribution in [1.82, 2.24) is 19.7 Å². The minimum Gasteiger partial charge on any atom is -0.487 e. The third kappa shape index (κ3) is 4.63. The minimum absolute atomic E-state index is 0.454. The van der Waals surface area contributed by atoms with Crippen molar-refractivity contribution >= 4 is 11.8 Å². The summed E-state index contributed by atoms with van der Waals surface area (Å²) in [4.78, 5) is 4.27. The van der Waals surface area contributed by atoms with Gasteiger partial charge in [0.15, 0.2) is 11.0 Å². The maximum absolute atomic E-state index is 5.80. The highest BCUT2D eigenvalue weighted by molar-refractivity contribution is 7.98. The van der Waals surface area contributed by atoms with E-state index >= 15 is 0 Å². The Balaban J connectivity index is 1.40. The van der Waals surface area contributed by atoms with E-state index < -0.39 is 0 Å². The molecule has 1 aromatic carbocycles. The van der Waals surface area contributed by atoms with Crippen molar-refractivity contribution in [2.45, 2.75) is 31.0 Å². The molecule has 3 aromatic heterocycles. The van der Waals surface area contributed by atoms with Crippen molar-refractivity contribution < 1.29 is 9.15 Å². The second-order valence-electron chi connectivity index (χ2n) is 6.64. The molecule has 3 heterocycles. The molecule has 0 atom stereocenters. The fourth-order valence-electron chi connectivity index (χ4n) is 2.98. The van der Waals surface area contributed by atoms with Crippen molar-refractivity contribution in [3.05, 3.63) is 90.7 Å². The van der Waals surface area contributed by atoms with Gasteiger partial charge in [0, 0.05) is 18.5 Å². The Hall–Kier alpha value is -3.32. The van der Waals surface area contributed by atoms with Crippen molar-refractivity contribution in [1.29, 1.82) is 0 Å². The summed E-state index contributed by atoms with van der Waals surface area (Å²) in [6, 6.07) is 15.8. The zero-order valence-corrected chi connectivity index (χ0v) is 17.5. The first-order valence-electron chi connectivity index (χ1n) is 9.57. The van der Waals surface area contributed by atoms with Crippen LogP contribution in [0.15, 0.2) is 83.2 Å².